The van der Waals surface area contributed by atoms with E-state index in [1.165, 1.54) is 12.8 Å². The summed E-state index contributed by atoms with van der Waals surface area (Å²) < 4.78 is 0. The Morgan fingerprint density at radius 1 is 1.11 bits per heavy atom. The van der Waals surface area contributed by atoms with E-state index in [0.717, 1.165) is 25.8 Å². The Balaban J connectivity index is 2.03. The normalized spacial score (nSPS) is 25.6. The minimum Gasteiger partial charge on any atom is -0.481 e. The molecule has 1 unspecified atom stereocenters. The molecule has 0 spiro atoms. The van der Waals surface area contributed by atoms with Gasteiger partial charge in [0.05, 0.1) is 5.92 Å². The molecule has 0 aromatic carbocycles. The van der Waals surface area contributed by atoms with Crippen molar-refractivity contribution in [1.29, 1.82) is 0 Å². The fourth-order valence-corrected chi connectivity index (χ4v) is 3.59. The number of carbonyl (C=O) groups excluding carboxylic acids is 1. The first-order valence-electron chi connectivity index (χ1n) is 7.45. The quantitative estimate of drug-likeness (QED) is 0.855. The molecule has 1 saturated carbocycles. The zero-order valence-corrected chi connectivity index (χ0v) is 12.0. The van der Waals surface area contributed by atoms with Crippen LogP contribution < -0.4 is 0 Å². The van der Waals surface area contributed by atoms with Gasteiger partial charge in [0, 0.05) is 18.5 Å². The molecule has 1 aliphatic heterocycles. The molecule has 2 aliphatic rings. The van der Waals surface area contributed by atoms with E-state index >= 15 is 0 Å². The summed E-state index contributed by atoms with van der Waals surface area (Å²) in [6.45, 7) is 5.19. The second-order valence-corrected chi connectivity index (χ2v) is 6.63. The van der Waals surface area contributed by atoms with E-state index in [-0.39, 0.29) is 17.2 Å². The Morgan fingerprint density at radius 3 is 2.32 bits per heavy atom. The first kappa shape index (κ1) is 14.4. The summed E-state index contributed by atoms with van der Waals surface area (Å²) >= 11 is 0. The number of hydrogen-bond acceptors (Lipinski definition) is 2. The number of hydrogen-bond donors (Lipinski definition) is 1. The molecule has 0 aromatic rings. The second kappa shape index (κ2) is 5.51. The van der Waals surface area contributed by atoms with Crippen molar-refractivity contribution in [3.63, 3.8) is 0 Å². The third-order valence-electron chi connectivity index (χ3n) is 4.98. The van der Waals surface area contributed by atoms with Gasteiger partial charge in [-0.2, -0.15) is 0 Å². The Kier molecular flexibility index (Phi) is 4.16. The van der Waals surface area contributed by atoms with Crippen LogP contribution in [0.3, 0.4) is 0 Å². The Morgan fingerprint density at radius 2 is 1.74 bits per heavy atom. The van der Waals surface area contributed by atoms with Gasteiger partial charge in [-0.25, -0.2) is 0 Å². The maximum absolute atomic E-state index is 12.7. The highest BCUT2D eigenvalue weighted by Gasteiger charge is 2.42. The summed E-state index contributed by atoms with van der Waals surface area (Å²) in [6.07, 6.45) is 6.22. The van der Waals surface area contributed by atoms with Crippen molar-refractivity contribution in [3.05, 3.63) is 0 Å². The smallest absolute Gasteiger partial charge is 0.308 e. The lowest BCUT2D eigenvalue weighted by atomic mass is 9.76. The van der Waals surface area contributed by atoms with Crippen molar-refractivity contribution in [2.75, 3.05) is 13.1 Å². The predicted molar refractivity (Wildman–Crippen MR) is 72.7 cm³/mol. The summed E-state index contributed by atoms with van der Waals surface area (Å²) in [5, 5.41) is 9.11. The van der Waals surface area contributed by atoms with Crippen molar-refractivity contribution in [1.82, 2.24) is 4.90 Å². The van der Waals surface area contributed by atoms with Gasteiger partial charge in [-0.3, -0.25) is 9.59 Å². The Labute approximate surface area is 115 Å². The highest BCUT2D eigenvalue weighted by atomic mass is 16.4. The van der Waals surface area contributed by atoms with Crippen molar-refractivity contribution in [2.45, 2.75) is 52.4 Å². The Bertz CT molecular complexity index is 358. The molecule has 1 atom stereocenters. The number of likely N-dealkylation sites (tertiary alicyclic amines) is 1. The van der Waals surface area contributed by atoms with Gasteiger partial charge in [-0.15, -0.1) is 0 Å². The third-order valence-corrected chi connectivity index (χ3v) is 4.98. The monoisotopic (exact) mass is 267 g/mol. The van der Waals surface area contributed by atoms with E-state index in [0.29, 0.717) is 18.9 Å². The summed E-state index contributed by atoms with van der Waals surface area (Å²) in [6, 6.07) is 0. The molecule has 1 aliphatic carbocycles. The molecule has 108 valence electrons. The standard InChI is InChI=1S/C15H25NO3/c1-15(2,12-7-3-4-8-12)14(19)16-9-5-6-11(10-16)13(17)18/h11-12H,3-10H2,1-2H3,(H,17,18). The lowest BCUT2D eigenvalue weighted by Crippen LogP contribution is -2.49. The zero-order chi connectivity index (χ0) is 14.0. The number of aliphatic carboxylic acids is 1. The summed E-state index contributed by atoms with van der Waals surface area (Å²) in [5.41, 5.74) is -0.336. The molecule has 2 fully saturated rings. The van der Waals surface area contributed by atoms with Gasteiger partial charge in [0.15, 0.2) is 0 Å². The maximum atomic E-state index is 12.7. The van der Waals surface area contributed by atoms with Crippen LogP contribution in [0.4, 0.5) is 0 Å². The van der Waals surface area contributed by atoms with Crippen molar-refractivity contribution in [3.8, 4) is 0 Å². The fourth-order valence-electron chi connectivity index (χ4n) is 3.59. The van der Waals surface area contributed by atoms with Crippen molar-refractivity contribution < 1.29 is 14.7 Å². The predicted octanol–water partition coefficient (Wildman–Crippen LogP) is 2.53. The van der Waals surface area contributed by atoms with Crippen LogP contribution in [0.5, 0.6) is 0 Å². The molecule has 0 aromatic heterocycles. The molecule has 0 bridgehead atoms. The van der Waals surface area contributed by atoms with Crippen LogP contribution in [-0.4, -0.2) is 35.0 Å². The largest absolute Gasteiger partial charge is 0.481 e. The van der Waals surface area contributed by atoms with E-state index in [4.69, 9.17) is 5.11 Å². The van der Waals surface area contributed by atoms with Gasteiger partial charge in [-0.05, 0) is 31.6 Å². The van der Waals surface area contributed by atoms with Crippen molar-refractivity contribution in [2.24, 2.45) is 17.3 Å². The number of carboxylic acid groups (broad SMARTS) is 1. The topological polar surface area (TPSA) is 57.6 Å². The summed E-state index contributed by atoms with van der Waals surface area (Å²) in [5.74, 6) is -0.524. The van der Waals surface area contributed by atoms with Gasteiger partial charge in [0.25, 0.3) is 0 Å². The molecule has 1 heterocycles. The molecule has 1 amide bonds. The number of rotatable bonds is 3. The molecule has 1 N–H and O–H groups in total. The molecule has 0 radical (unpaired) electrons. The van der Waals surface area contributed by atoms with E-state index in [2.05, 4.69) is 0 Å². The van der Waals surface area contributed by atoms with Crippen LogP contribution in [0.1, 0.15) is 52.4 Å². The molecular weight excluding hydrogens is 242 g/mol. The highest BCUT2D eigenvalue weighted by molar-refractivity contribution is 5.83. The van der Waals surface area contributed by atoms with Gasteiger partial charge < -0.3 is 10.0 Å². The lowest BCUT2D eigenvalue weighted by Gasteiger charge is -2.39. The molecule has 2 rings (SSSR count). The maximum Gasteiger partial charge on any atom is 0.308 e. The number of nitrogens with zero attached hydrogens (tertiary/aromatic N) is 1. The number of amides is 1. The molecule has 4 nitrogen and oxygen atoms in total. The van der Waals surface area contributed by atoms with Crippen LogP contribution in [0, 0.1) is 17.3 Å². The van der Waals surface area contributed by atoms with Crippen LogP contribution >= 0.6 is 0 Å². The van der Waals surface area contributed by atoms with Crippen LogP contribution in [-0.2, 0) is 9.59 Å². The fraction of sp³-hybridized carbons (Fsp3) is 0.867. The minimum absolute atomic E-state index is 0.158. The summed E-state index contributed by atoms with van der Waals surface area (Å²) in [4.78, 5) is 25.6. The zero-order valence-electron chi connectivity index (χ0n) is 12.0. The lowest BCUT2D eigenvalue weighted by molar-refractivity contribution is -0.150. The highest BCUT2D eigenvalue weighted by Crippen LogP contribution is 2.41. The van der Waals surface area contributed by atoms with Crippen molar-refractivity contribution >= 4 is 11.9 Å². The Hall–Kier alpha value is -1.06. The first-order valence-corrected chi connectivity index (χ1v) is 7.45. The molecular formula is C15H25NO3. The van der Waals surface area contributed by atoms with E-state index < -0.39 is 5.97 Å². The number of carbonyl (C=O) groups is 2. The first-order chi connectivity index (χ1) is 8.93. The number of carboxylic acids is 1. The molecule has 1 saturated heterocycles. The van der Waals surface area contributed by atoms with E-state index in [1.807, 2.05) is 13.8 Å². The molecule has 19 heavy (non-hydrogen) atoms. The van der Waals surface area contributed by atoms with Gasteiger partial charge in [-0.1, -0.05) is 26.7 Å². The van der Waals surface area contributed by atoms with E-state index in [9.17, 15) is 9.59 Å². The average Bonchev–Trinajstić information content (AvgIpc) is 2.92. The van der Waals surface area contributed by atoms with Gasteiger partial charge in [0.1, 0.15) is 0 Å². The van der Waals surface area contributed by atoms with E-state index in [1.54, 1.807) is 4.90 Å². The SMILES string of the molecule is CC(C)(C(=O)N1CCCC(C(=O)O)C1)C1CCCC1. The van der Waals surface area contributed by atoms with Crippen LogP contribution in [0.25, 0.3) is 0 Å². The third kappa shape index (κ3) is 2.93. The minimum atomic E-state index is -0.767. The van der Waals surface area contributed by atoms with Crippen LogP contribution in [0.2, 0.25) is 0 Å². The van der Waals surface area contributed by atoms with Gasteiger partial charge in [0.2, 0.25) is 5.91 Å². The number of piperidine rings is 1. The molecule has 4 heteroatoms. The van der Waals surface area contributed by atoms with Crippen LogP contribution in [0.15, 0.2) is 0 Å². The van der Waals surface area contributed by atoms with Gasteiger partial charge >= 0.3 is 5.97 Å². The average molecular weight is 267 g/mol. The summed E-state index contributed by atoms with van der Waals surface area (Å²) in [7, 11) is 0. The second-order valence-electron chi connectivity index (χ2n) is 6.63.